The van der Waals surface area contributed by atoms with Crippen LogP contribution in [-0.2, 0) is 7.05 Å². The average molecular weight is 407 g/mol. The van der Waals surface area contributed by atoms with Crippen LogP contribution >= 0.6 is 11.6 Å². The van der Waals surface area contributed by atoms with Crippen molar-refractivity contribution in [1.82, 2.24) is 14.8 Å². The lowest BCUT2D eigenvalue weighted by Gasteiger charge is -2.08. The average Bonchev–Trinajstić information content (AvgIpc) is 3.11. The minimum atomic E-state index is -3.72. The number of hydrogen-bond donors (Lipinski definition) is 1. The molecule has 1 aliphatic rings. The van der Waals surface area contributed by atoms with Gasteiger partial charge >= 0.3 is 6.29 Å². The molecule has 1 aromatic carbocycles. The Bertz CT molecular complexity index is 1080. The van der Waals surface area contributed by atoms with Crippen molar-refractivity contribution in [1.29, 1.82) is 0 Å². The van der Waals surface area contributed by atoms with Crippen LogP contribution in [0.2, 0.25) is 5.02 Å². The number of aryl methyl sites for hydroxylation is 2. The monoisotopic (exact) mass is 406 g/mol. The number of alkyl halides is 2. The van der Waals surface area contributed by atoms with Gasteiger partial charge < -0.3 is 14.8 Å². The van der Waals surface area contributed by atoms with E-state index < -0.39 is 6.29 Å². The number of aromatic nitrogens is 3. The molecule has 0 unspecified atom stereocenters. The molecular weight excluding hydrogens is 394 g/mol. The van der Waals surface area contributed by atoms with Crippen LogP contribution in [0.4, 0.5) is 14.6 Å². The Morgan fingerprint density at radius 1 is 1.21 bits per heavy atom. The van der Waals surface area contributed by atoms with Crippen LogP contribution < -0.4 is 14.8 Å². The molecule has 0 bridgehead atoms. The molecule has 0 saturated carbocycles. The highest BCUT2D eigenvalue weighted by Gasteiger charge is 2.43. The summed E-state index contributed by atoms with van der Waals surface area (Å²) >= 11 is 6.17. The SMILES string of the molecule is Cc1cc(C(=O)Nc2ccc(-c3cc4c(cc3Cl)OC(F)(F)O4)cn2)n(C)n1. The van der Waals surface area contributed by atoms with Gasteiger partial charge in [0, 0.05) is 30.4 Å². The molecule has 10 heteroatoms. The molecule has 3 heterocycles. The van der Waals surface area contributed by atoms with Crippen molar-refractivity contribution in [2.45, 2.75) is 13.2 Å². The Balaban J connectivity index is 1.56. The number of benzene rings is 1. The summed E-state index contributed by atoms with van der Waals surface area (Å²) in [6.45, 7) is 1.79. The smallest absolute Gasteiger partial charge is 0.395 e. The van der Waals surface area contributed by atoms with Crippen LogP contribution in [-0.4, -0.2) is 27.0 Å². The molecule has 4 rings (SSSR count). The lowest BCUT2D eigenvalue weighted by Crippen LogP contribution is -2.25. The van der Waals surface area contributed by atoms with E-state index >= 15 is 0 Å². The predicted molar refractivity (Wildman–Crippen MR) is 96.8 cm³/mol. The number of carbonyl (C=O) groups excluding carboxylic acids is 1. The highest BCUT2D eigenvalue weighted by Crippen LogP contribution is 2.45. The minimum absolute atomic E-state index is 0.117. The van der Waals surface area contributed by atoms with Crippen molar-refractivity contribution >= 4 is 23.3 Å². The molecule has 7 nitrogen and oxygen atoms in total. The van der Waals surface area contributed by atoms with E-state index in [1.807, 2.05) is 0 Å². The topological polar surface area (TPSA) is 78.3 Å². The van der Waals surface area contributed by atoms with E-state index in [4.69, 9.17) is 11.6 Å². The van der Waals surface area contributed by atoms with Crippen molar-refractivity contribution in [3.05, 3.63) is 52.9 Å². The largest absolute Gasteiger partial charge is 0.586 e. The van der Waals surface area contributed by atoms with Crippen molar-refractivity contribution in [3.8, 4) is 22.6 Å². The molecule has 0 radical (unpaired) electrons. The molecular formula is C18H13ClF2N4O3. The van der Waals surface area contributed by atoms with Crippen molar-refractivity contribution in [2.75, 3.05) is 5.32 Å². The van der Waals surface area contributed by atoms with E-state index in [9.17, 15) is 13.6 Å². The maximum Gasteiger partial charge on any atom is 0.586 e. The van der Waals surface area contributed by atoms with Gasteiger partial charge in [0.25, 0.3) is 5.91 Å². The summed E-state index contributed by atoms with van der Waals surface area (Å²) in [5.41, 5.74) is 2.11. The van der Waals surface area contributed by atoms with Gasteiger partial charge in [0.15, 0.2) is 11.5 Å². The van der Waals surface area contributed by atoms with Crippen LogP contribution in [0.15, 0.2) is 36.5 Å². The molecule has 0 spiro atoms. The van der Waals surface area contributed by atoms with Crippen molar-refractivity contribution < 1.29 is 23.0 Å². The highest BCUT2D eigenvalue weighted by atomic mass is 35.5. The Labute approximate surface area is 162 Å². The Hall–Kier alpha value is -3.20. The zero-order valence-electron chi connectivity index (χ0n) is 14.7. The van der Waals surface area contributed by atoms with Gasteiger partial charge in [-0.2, -0.15) is 5.10 Å². The van der Waals surface area contributed by atoms with Gasteiger partial charge in [-0.3, -0.25) is 9.48 Å². The van der Waals surface area contributed by atoms with E-state index in [0.29, 0.717) is 22.6 Å². The summed E-state index contributed by atoms with van der Waals surface area (Å²) in [4.78, 5) is 16.5. The molecule has 0 atom stereocenters. The number of rotatable bonds is 3. The van der Waals surface area contributed by atoms with E-state index in [-0.39, 0.29) is 22.4 Å². The summed E-state index contributed by atoms with van der Waals surface area (Å²) in [6, 6.07) is 7.50. The van der Waals surface area contributed by atoms with Crippen LogP contribution in [0.1, 0.15) is 16.2 Å². The molecule has 1 aliphatic heterocycles. The predicted octanol–water partition coefficient (Wildman–Crippen LogP) is 4.02. The first-order valence-corrected chi connectivity index (χ1v) is 8.47. The van der Waals surface area contributed by atoms with Crippen LogP contribution in [0.3, 0.4) is 0 Å². The second kappa shape index (κ2) is 6.45. The van der Waals surface area contributed by atoms with Gasteiger partial charge in [-0.15, -0.1) is 8.78 Å². The Kier molecular flexibility index (Phi) is 4.19. The van der Waals surface area contributed by atoms with Gasteiger partial charge in [0.1, 0.15) is 11.5 Å². The molecule has 2 aromatic heterocycles. The molecule has 28 heavy (non-hydrogen) atoms. The lowest BCUT2D eigenvalue weighted by molar-refractivity contribution is -0.286. The molecule has 1 amide bonds. The standard InChI is InChI=1S/C18H13ClF2N4O3/c1-9-5-13(25(2)24-9)17(26)23-16-4-3-10(8-22-16)11-6-14-15(7-12(11)19)28-18(20,21)27-14/h3-8H,1-2H3,(H,22,23,26). The van der Waals surface area contributed by atoms with Gasteiger partial charge in [-0.25, -0.2) is 4.98 Å². The number of fused-ring (bicyclic) bond motifs is 1. The van der Waals surface area contributed by atoms with E-state index in [2.05, 4.69) is 24.9 Å². The molecule has 0 saturated heterocycles. The van der Waals surface area contributed by atoms with Crippen molar-refractivity contribution in [3.63, 3.8) is 0 Å². The van der Waals surface area contributed by atoms with Crippen LogP contribution in [0, 0.1) is 6.92 Å². The number of halogens is 3. The number of carbonyl (C=O) groups is 1. The zero-order chi connectivity index (χ0) is 20.1. The highest BCUT2D eigenvalue weighted by molar-refractivity contribution is 6.33. The maximum atomic E-state index is 13.2. The summed E-state index contributed by atoms with van der Waals surface area (Å²) in [5, 5.41) is 6.99. The number of pyridine rings is 1. The number of ether oxygens (including phenoxy) is 2. The number of amides is 1. The second-order valence-electron chi connectivity index (χ2n) is 6.13. The number of hydrogen-bond acceptors (Lipinski definition) is 5. The summed E-state index contributed by atoms with van der Waals surface area (Å²) in [5.74, 6) is -0.293. The Morgan fingerprint density at radius 2 is 1.93 bits per heavy atom. The lowest BCUT2D eigenvalue weighted by atomic mass is 10.1. The van der Waals surface area contributed by atoms with Crippen molar-refractivity contribution in [2.24, 2.45) is 7.05 Å². The quantitative estimate of drug-likeness (QED) is 0.710. The molecule has 1 N–H and O–H groups in total. The van der Waals surface area contributed by atoms with E-state index in [1.54, 1.807) is 32.2 Å². The third-order valence-electron chi connectivity index (χ3n) is 4.04. The molecule has 3 aromatic rings. The fraction of sp³-hybridized carbons (Fsp3) is 0.167. The number of nitrogens with zero attached hydrogens (tertiary/aromatic N) is 3. The second-order valence-corrected chi connectivity index (χ2v) is 6.53. The van der Waals surface area contributed by atoms with Crippen LogP contribution in [0.5, 0.6) is 11.5 Å². The fourth-order valence-electron chi connectivity index (χ4n) is 2.82. The number of nitrogens with one attached hydrogen (secondary N) is 1. The first-order chi connectivity index (χ1) is 13.2. The fourth-order valence-corrected chi connectivity index (χ4v) is 3.09. The summed E-state index contributed by atoms with van der Waals surface area (Å²) in [6.07, 6.45) is -2.26. The number of anilines is 1. The van der Waals surface area contributed by atoms with E-state index in [1.165, 1.54) is 23.0 Å². The van der Waals surface area contributed by atoms with Gasteiger partial charge in [0.2, 0.25) is 0 Å². The van der Waals surface area contributed by atoms with Crippen LogP contribution in [0.25, 0.3) is 11.1 Å². The van der Waals surface area contributed by atoms with Gasteiger partial charge in [-0.05, 0) is 31.2 Å². The maximum absolute atomic E-state index is 13.2. The first kappa shape index (κ1) is 18.2. The van der Waals surface area contributed by atoms with E-state index in [0.717, 1.165) is 5.69 Å². The summed E-state index contributed by atoms with van der Waals surface area (Å²) in [7, 11) is 1.67. The third-order valence-corrected chi connectivity index (χ3v) is 4.35. The minimum Gasteiger partial charge on any atom is -0.395 e. The van der Waals surface area contributed by atoms with Gasteiger partial charge in [-0.1, -0.05) is 11.6 Å². The zero-order valence-corrected chi connectivity index (χ0v) is 15.4. The normalized spacial score (nSPS) is 14.2. The summed E-state index contributed by atoms with van der Waals surface area (Å²) < 4.78 is 36.7. The third kappa shape index (κ3) is 3.36. The first-order valence-electron chi connectivity index (χ1n) is 8.10. The Morgan fingerprint density at radius 3 is 2.54 bits per heavy atom. The molecule has 144 valence electrons. The van der Waals surface area contributed by atoms with Gasteiger partial charge in [0.05, 0.1) is 10.7 Å². The molecule has 0 aliphatic carbocycles. The molecule has 0 fully saturated rings.